The minimum Gasteiger partial charge on any atom is -0.481 e. The van der Waals surface area contributed by atoms with Crippen LogP contribution in [0.1, 0.15) is 31.7 Å². The van der Waals surface area contributed by atoms with Crippen LogP contribution in [0.15, 0.2) is 30.3 Å². The summed E-state index contributed by atoms with van der Waals surface area (Å²) in [6.07, 6.45) is 3.21. The molecule has 0 radical (unpaired) electrons. The Hall–Kier alpha value is -1.35. The van der Waals surface area contributed by atoms with Gasteiger partial charge in [0.2, 0.25) is 0 Å². The highest BCUT2D eigenvalue weighted by atomic mass is 16.4. The molecule has 0 fully saturated rings. The maximum absolute atomic E-state index is 11.2. The van der Waals surface area contributed by atoms with Gasteiger partial charge in [0.25, 0.3) is 0 Å². The zero-order chi connectivity index (χ0) is 12.7. The maximum atomic E-state index is 11.2. The molecule has 0 aromatic heterocycles. The third kappa shape index (κ3) is 4.57. The number of carboxylic acids is 1. The number of hydrogen-bond donors (Lipinski definition) is 2. The largest absolute Gasteiger partial charge is 0.481 e. The van der Waals surface area contributed by atoms with Gasteiger partial charge in [0.15, 0.2) is 0 Å². The molecule has 0 amide bonds. The molecule has 0 heterocycles. The van der Waals surface area contributed by atoms with Crippen molar-refractivity contribution in [1.82, 2.24) is 0 Å². The number of rotatable bonds is 7. The van der Waals surface area contributed by atoms with E-state index in [4.69, 9.17) is 10.8 Å². The second-order valence-electron chi connectivity index (χ2n) is 4.44. The summed E-state index contributed by atoms with van der Waals surface area (Å²) in [5.74, 6) is -1.21. The van der Waals surface area contributed by atoms with E-state index in [0.717, 1.165) is 18.4 Å². The molecule has 2 atom stereocenters. The number of nitrogens with two attached hydrogens (primary N) is 1. The van der Waals surface area contributed by atoms with E-state index in [9.17, 15) is 4.79 Å². The average Bonchev–Trinajstić information content (AvgIpc) is 2.30. The normalized spacial score (nSPS) is 14.2. The van der Waals surface area contributed by atoms with Crippen LogP contribution in [0, 0.1) is 5.92 Å². The Morgan fingerprint density at radius 1 is 1.35 bits per heavy atom. The fourth-order valence-corrected chi connectivity index (χ4v) is 1.97. The van der Waals surface area contributed by atoms with Crippen molar-refractivity contribution in [3.05, 3.63) is 35.9 Å². The van der Waals surface area contributed by atoms with Crippen LogP contribution in [0.2, 0.25) is 0 Å². The summed E-state index contributed by atoms with van der Waals surface area (Å²) in [6, 6.07) is 9.51. The van der Waals surface area contributed by atoms with Crippen LogP contribution >= 0.6 is 0 Å². The van der Waals surface area contributed by atoms with Crippen molar-refractivity contribution in [3.63, 3.8) is 0 Å². The van der Waals surface area contributed by atoms with Gasteiger partial charge in [-0.15, -0.1) is 0 Å². The number of hydrogen-bond acceptors (Lipinski definition) is 2. The number of carboxylic acid groups (broad SMARTS) is 1. The van der Waals surface area contributed by atoms with Crippen LogP contribution in [0.3, 0.4) is 0 Å². The number of unbranched alkanes of at least 4 members (excludes halogenated alkanes) is 1. The molecule has 1 aromatic carbocycles. The highest BCUT2D eigenvalue weighted by Gasteiger charge is 2.24. The molecule has 0 aliphatic heterocycles. The van der Waals surface area contributed by atoms with E-state index in [0.29, 0.717) is 12.8 Å². The Morgan fingerprint density at radius 3 is 2.53 bits per heavy atom. The summed E-state index contributed by atoms with van der Waals surface area (Å²) in [5, 5.41) is 9.17. The summed E-state index contributed by atoms with van der Waals surface area (Å²) in [7, 11) is 0. The van der Waals surface area contributed by atoms with Gasteiger partial charge in [-0.3, -0.25) is 4.79 Å². The monoisotopic (exact) mass is 235 g/mol. The van der Waals surface area contributed by atoms with E-state index in [-0.39, 0.29) is 6.04 Å². The molecular formula is C14H21NO2. The standard InChI is InChI=1S/C14H21NO2/c1-2-3-9-12(14(16)17)13(15)10-11-7-5-4-6-8-11/h4-8,12-13H,2-3,9-10,15H2,1H3,(H,16,17)/t12?,13-/m1/s1. The van der Waals surface area contributed by atoms with Gasteiger partial charge in [-0.2, -0.15) is 0 Å². The van der Waals surface area contributed by atoms with Gasteiger partial charge in [0, 0.05) is 6.04 Å². The van der Waals surface area contributed by atoms with Gasteiger partial charge in [-0.05, 0) is 18.4 Å². The molecule has 1 unspecified atom stereocenters. The van der Waals surface area contributed by atoms with Gasteiger partial charge in [0.1, 0.15) is 0 Å². The van der Waals surface area contributed by atoms with Gasteiger partial charge >= 0.3 is 5.97 Å². The lowest BCUT2D eigenvalue weighted by atomic mass is 9.90. The topological polar surface area (TPSA) is 63.3 Å². The third-order valence-electron chi connectivity index (χ3n) is 3.02. The second-order valence-corrected chi connectivity index (χ2v) is 4.44. The van der Waals surface area contributed by atoms with Crippen LogP contribution in [0.4, 0.5) is 0 Å². The molecule has 3 nitrogen and oxygen atoms in total. The maximum Gasteiger partial charge on any atom is 0.308 e. The summed E-state index contributed by atoms with van der Waals surface area (Å²) in [5.41, 5.74) is 7.11. The quantitative estimate of drug-likeness (QED) is 0.763. The summed E-state index contributed by atoms with van der Waals surface area (Å²) >= 11 is 0. The fraction of sp³-hybridized carbons (Fsp3) is 0.500. The van der Waals surface area contributed by atoms with Crippen molar-refractivity contribution < 1.29 is 9.90 Å². The van der Waals surface area contributed by atoms with Crippen molar-refractivity contribution in [2.24, 2.45) is 11.7 Å². The first kappa shape index (κ1) is 13.7. The lowest BCUT2D eigenvalue weighted by molar-refractivity contribution is -0.142. The van der Waals surface area contributed by atoms with Crippen molar-refractivity contribution in [3.8, 4) is 0 Å². The highest BCUT2D eigenvalue weighted by molar-refractivity contribution is 5.70. The fourth-order valence-electron chi connectivity index (χ4n) is 1.97. The van der Waals surface area contributed by atoms with Gasteiger partial charge < -0.3 is 10.8 Å². The van der Waals surface area contributed by atoms with Crippen molar-refractivity contribution in [2.75, 3.05) is 0 Å². The van der Waals surface area contributed by atoms with Crippen molar-refractivity contribution in [2.45, 2.75) is 38.6 Å². The zero-order valence-corrected chi connectivity index (χ0v) is 10.3. The first-order chi connectivity index (χ1) is 8.15. The Morgan fingerprint density at radius 2 is 2.00 bits per heavy atom. The van der Waals surface area contributed by atoms with E-state index >= 15 is 0 Å². The predicted octanol–water partition coefficient (Wildman–Crippen LogP) is 2.45. The molecule has 0 saturated carbocycles. The van der Waals surface area contributed by atoms with Gasteiger partial charge in [-0.25, -0.2) is 0 Å². The summed E-state index contributed by atoms with van der Waals surface area (Å²) in [6.45, 7) is 2.06. The predicted molar refractivity (Wildman–Crippen MR) is 68.8 cm³/mol. The molecule has 0 bridgehead atoms. The molecule has 3 N–H and O–H groups in total. The molecular weight excluding hydrogens is 214 g/mol. The molecule has 0 aliphatic carbocycles. The van der Waals surface area contributed by atoms with E-state index in [1.54, 1.807) is 0 Å². The Bertz CT molecular complexity index is 337. The molecule has 1 aromatic rings. The Labute approximate surface area is 103 Å². The van der Waals surface area contributed by atoms with Gasteiger partial charge in [-0.1, -0.05) is 50.1 Å². The SMILES string of the molecule is CCCCC(C(=O)O)[C@H](N)Cc1ccccc1. The first-order valence-electron chi connectivity index (χ1n) is 6.17. The second kappa shape index (κ2) is 7.07. The number of carbonyl (C=O) groups is 1. The van der Waals surface area contributed by atoms with Crippen LogP contribution in [-0.4, -0.2) is 17.1 Å². The Balaban J connectivity index is 2.59. The molecule has 0 aliphatic rings. The molecule has 17 heavy (non-hydrogen) atoms. The number of benzene rings is 1. The van der Waals surface area contributed by atoms with Gasteiger partial charge in [0.05, 0.1) is 5.92 Å². The molecule has 1 rings (SSSR count). The van der Waals surface area contributed by atoms with E-state index < -0.39 is 11.9 Å². The number of aliphatic carboxylic acids is 1. The summed E-state index contributed by atoms with van der Waals surface area (Å²) in [4.78, 5) is 11.2. The van der Waals surface area contributed by atoms with Crippen LogP contribution in [0.5, 0.6) is 0 Å². The smallest absolute Gasteiger partial charge is 0.308 e. The minimum absolute atomic E-state index is 0.304. The third-order valence-corrected chi connectivity index (χ3v) is 3.02. The van der Waals surface area contributed by atoms with Crippen LogP contribution < -0.4 is 5.73 Å². The van der Waals surface area contributed by atoms with E-state index in [2.05, 4.69) is 6.92 Å². The summed E-state index contributed by atoms with van der Waals surface area (Å²) < 4.78 is 0. The average molecular weight is 235 g/mol. The Kier molecular flexibility index (Phi) is 5.70. The highest BCUT2D eigenvalue weighted by Crippen LogP contribution is 2.16. The molecule has 0 saturated heterocycles. The molecule has 3 heteroatoms. The van der Waals surface area contributed by atoms with Crippen molar-refractivity contribution in [1.29, 1.82) is 0 Å². The first-order valence-corrected chi connectivity index (χ1v) is 6.17. The van der Waals surface area contributed by atoms with Crippen molar-refractivity contribution >= 4 is 5.97 Å². The van der Waals surface area contributed by atoms with Crippen LogP contribution in [-0.2, 0) is 11.2 Å². The molecule has 0 spiro atoms. The van der Waals surface area contributed by atoms with E-state index in [1.165, 1.54) is 0 Å². The zero-order valence-electron chi connectivity index (χ0n) is 10.3. The van der Waals surface area contributed by atoms with E-state index in [1.807, 2.05) is 30.3 Å². The van der Waals surface area contributed by atoms with Crippen LogP contribution in [0.25, 0.3) is 0 Å². The lowest BCUT2D eigenvalue weighted by Crippen LogP contribution is -2.37. The minimum atomic E-state index is -0.776. The molecule has 94 valence electrons. The lowest BCUT2D eigenvalue weighted by Gasteiger charge is -2.20.